The van der Waals surface area contributed by atoms with Crippen LogP contribution in [0.4, 0.5) is 0 Å². The first-order valence-corrected chi connectivity index (χ1v) is 8.94. The molecule has 126 valence electrons. The van der Waals surface area contributed by atoms with E-state index in [1.165, 1.54) is 11.3 Å². The minimum absolute atomic E-state index is 0.0429. The molecule has 1 saturated heterocycles. The number of amides is 1. The lowest BCUT2D eigenvalue weighted by molar-refractivity contribution is 0.00596. The van der Waals surface area contributed by atoms with Crippen LogP contribution >= 0.6 is 11.3 Å². The van der Waals surface area contributed by atoms with Gasteiger partial charge in [0.1, 0.15) is 16.8 Å². The summed E-state index contributed by atoms with van der Waals surface area (Å²) in [4.78, 5) is 32.4. The van der Waals surface area contributed by atoms with E-state index in [2.05, 4.69) is 4.98 Å². The summed E-state index contributed by atoms with van der Waals surface area (Å²) in [6.07, 6.45) is 3.40. The second-order valence-corrected chi connectivity index (χ2v) is 8.06. The molecule has 7 heteroatoms. The molecule has 24 heavy (non-hydrogen) atoms. The van der Waals surface area contributed by atoms with Gasteiger partial charge in [-0.05, 0) is 45.1 Å². The Balaban J connectivity index is 1.87. The van der Waals surface area contributed by atoms with E-state index in [1.807, 2.05) is 41.7 Å². The fraction of sp³-hybridized carbons (Fsp3) is 0.471. The Bertz CT molecular complexity index is 830. The molecule has 1 atom stereocenters. The number of carbonyl (C=O) groups is 2. The van der Waals surface area contributed by atoms with Crippen molar-refractivity contribution in [2.75, 3.05) is 6.54 Å². The van der Waals surface area contributed by atoms with Crippen LogP contribution in [-0.4, -0.2) is 38.5 Å². The number of esters is 1. The van der Waals surface area contributed by atoms with Gasteiger partial charge in [-0.25, -0.2) is 9.78 Å². The molecular formula is C17H19N3O3S. The van der Waals surface area contributed by atoms with Crippen LogP contribution in [0.25, 0.3) is 5.69 Å². The Hall–Kier alpha value is -2.15. The molecule has 1 fully saturated rings. The Kier molecular flexibility index (Phi) is 3.32. The van der Waals surface area contributed by atoms with E-state index in [0.717, 1.165) is 24.2 Å². The number of nitrogens with zero attached hydrogens (tertiary/aromatic N) is 3. The Labute approximate surface area is 144 Å². The van der Waals surface area contributed by atoms with Gasteiger partial charge >= 0.3 is 5.97 Å². The highest BCUT2D eigenvalue weighted by Crippen LogP contribution is 2.41. The predicted molar refractivity (Wildman–Crippen MR) is 89.6 cm³/mol. The summed E-state index contributed by atoms with van der Waals surface area (Å²) in [6, 6.07) is 1.78. The molecule has 0 aliphatic carbocycles. The van der Waals surface area contributed by atoms with Gasteiger partial charge < -0.3 is 9.64 Å². The molecule has 0 bridgehead atoms. The highest BCUT2D eigenvalue weighted by atomic mass is 32.1. The Morgan fingerprint density at radius 2 is 2.21 bits per heavy atom. The van der Waals surface area contributed by atoms with Crippen molar-refractivity contribution in [1.29, 1.82) is 0 Å². The summed E-state index contributed by atoms with van der Waals surface area (Å²) in [5.41, 5.74) is 1.30. The summed E-state index contributed by atoms with van der Waals surface area (Å²) in [5, 5.41) is 1.90. The minimum atomic E-state index is -0.586. The summed E-state index contributed by atoms with van der Waals surface area (Å²) in [6.45, 7) is 6.21. The van der Waals surface area contributed by atoms with E-state index in [1.54, 1.807) is 6.33 Å². The molecular weight excluding hydrogens is 326 g/mol. The van der Waals surface area contributed by atoms with E-state index < -0.39 is 11.6 Å². The molecule has 0 unspecified atom stereocenters. The van der Waals surface area contributed by atoms with Crippen molar-refractivity contribution in [1.82, 2.24) is 14.5 Å². The molecule has 0 saturated carbocycles. The second-order valence-electron chi connectivity index (χ2n) is 7.14. The third-order valence-electron chi connectivity index (χ3n) is 4.32. The average molecular weight is 345 g/mol. The smallest absolute Gasteiger partial charge is 0.359 e. The third-order valence-corrected chi connectivity index (χ3v) is 5.22. The van der Waals surface area contributed by atoms with Gasteiger partial charge in [0.2, 0.25) is 0 Å². The van der Waals surface area contributed by atoms with E-state index in [-0.39, 0.29) is 11.9 Å². The molecule has 1 amide bonds. The second kappa shape index (κ2) is 5.17. The van der Waals surface area contributed by atoms with Gasteiger partial charge in [-0.15, -0.1) is 11.3 Å². The molecule has 4 rings (SSSR count). The van der Waals surface area contributed by atoms with Crippen molar-refractivity contribution in [3.05, 3.63) is 34.0 Å². The van der Waals surface area contributed by atoms with Gasteiger partial charge in [0.15, 0.2) is 5.69 Å². The van der Waals surface area contributed by atoms with Crippen LogP contribution in [0.3, 0.4) is 0 Å². The van der Waals surface area contributed by atoms with Crippen molar-refractivity contribution in [2.24, 2.45) is 0 Å². The summed E-state index contributed by atoms with van der Waals surface area (Å²) in [7, 11) is 0. The number of carbonyl (C=O) groups excluding carboxylic acids is 2. The first-order chi connectivity index (χ1) is 11.4. The first kappa shape index (κ1) is 15.4. The first-order valence-electron chi connectivity index (χ1n) is 8.06. The molecule has 0 spiro atoms. The fourth-order valence-electron chi connectivity index (χ4n) is 3.43. The summed E-state index contributed by atoms with van der Waals surface area (Å²) in [5.74, 6) is -0.393. The van der Waals surface area contributed by atoms with Crippen LogP contribution < -0.4 is 0 Å². The van der Waals surface area contributed by atoms with Crippen molar-refractivity contribution in [3.8, 4) is 5.69 Å². The molecule has 6 nitrogen and oxygen atoms in total. The van der Waals surface area contributed by atoms with Crippen molar-refractivity contribution in [3.63, 3.8) is 0 Å². The number of rotatable bonds is 1. The Morgan fingerprint density at radius 3 is 2.96 bits per heavy atom. The maximum Gasteiger partial charge on any atom is 0.359 e. The van der Waals surface area contributed by atoms with Gasteiger partial charge in [-0.2, -0.15) is 0 Å². The normalized spacial score (nSPS) is 19.5. The summed E-state index contributed by atoms with van der Waals surface area (Å²) < 4.78 is 7.41. The predicted octanol–water partition coefficient (Wildman–Crippen LogP) is 3.18. The monoisotopic (exact) mass is 345 g/mol. The maximum atomic E-state index is 12.8. The number of aromatic nitrogens is 2. The van der Waals surface area contributed by atoms with E-state index in [0.29, 0.717) is 17.1 Å². The highest BCUT2D eigenvalue weighted by molar-refractivity contribution is 7.12. The van der Waals surface area contributed by atoms with Crippen molar-refractivity contribution >= 4 is 23.2 Å². The molecule has 0 radical (unpaired) electrons. The third kappa shape index (κ3) is 2.26. The quantitative estimate of drug-likeness (QED) is 0.745. The lowest BCUT2D eigenvalue weighted by Crippen LogP contribution is -2.30. The molecule has 2 aliphatic heterocycles. The molecule has 2 aromatic rings. The van der Waals surface area contributed by atoms with E-state index >= 15 is 0 Å². The average Bonchev–Trinajstić information content (AvgIpc) is 3.21. The van der Waals surface area contributed by atoms with Crippen LogP contribution in [0.5, 0.6) is 0 Å². The van der Waals surface area contributed by atoms with E-state index in [9.17, 15) is 9.59 Å². The molecule has 2 aromatic heterocycles. The van der Waals surface area contributed by atoms with Crippen LogP contribution in [0.15, 0.2) is 17.8 Å². The highest BCUT2D eigenvalue weighted by Gasteiger charge is 2.41. The number of thiophene rings is 1. The van der Waals surface area contributed by atoms with Crippen LogP contribution in [0.1, 0.15) is 65.5 Å². The van der Waals surface area contributed by atoms with Crippen molar-refractivity contribution in [2.45, 2.75) is 45.3 Å². The fourth-order valence-corrected chi connectivity index (χ4v) is 4.27. The summed E-state index contributed by atoms with van der Waals surface area (Å²) >= 11 is 1.43. The van der Waals surface area contributed by atoms with Gasteiger partial charge in [0, 0.05) is 6.54 Å². The number of hydrogen-bond donors (Lipinski definition) is 0. The molecule has 2 aliphatic rings. The standard InChI is InChI=1S/C17H19N3O3S/c1-17(2,3)23-16(22)12-13-10-5-4-7-19(10)15(21)14-11(6-8-24-14)20(13)9-18-12/h6,8-10H,4-5,7H2,1-3H3/t10-/m0/s1. The topological polar surface area (TPSA) is 64.4 Å². The minimum Gasteiger partial charge on any atom is -0.455 e. The van der Waals surface area contributed by atoms with Crippen LogP contribution in [-0.2, 0) is 4.74 Å². The SMILES string of the molecule is CC(C)(C)OC(=O)c1ncn2c1[C@@H]1CCCN1C(=O)c1sccc1-2. The van der Waals surface area contributed by atoms with Gasteiger partial charge in [-0.1, -0.05) is 0 Å². The zero-order valence-electron chi connectivity index (χ0n) is 13.9. The Morgan fingerprint density at radius 1 is 1.42 bits per heavy atom. The number of hydrogen-bond acceptors (Lipinski definition) is 5. The van der Waals surface area contributed by atoms with E-state index in [4.69, 9.17) is 4.74 Å². The number of ether oxygens (including phenoxy) is 1. The van der Waals surface area contributed by atoms with Crippen molar-refractivity contribution < 1.29 is 14.3 Å². The zero-order valence-corrected chi connectivity index (χ0v) is 14.7. The lowest BCUT2D eigenvalue weighted by atomic mass is 10.1. The van der Waals surface area contributed by atoms with Crippen LogP contribution in [0.2, 0.25) is 0 Å². The van der Waals surface area contributed by atoms with Gasteiger partial charge in [0.25, 0.3) is 5.91 Å². The molecule has 0 N–H and O–H groups in total. The maximum absolute atomic E-state index is 12.8. The van der Waals surface area contributed by atoms with Gasteiger partial charge in [-0.3, -0.25) is 9.36 Å². The number of imidazole rings is 1. The van der Waals surface area contributed by atoms with Crippen LogP contribution in [0, 0.1) is 0 Å². The number of fused-ring (bicyclic) bond motifs is 5. The zero-order chi connectivity index (χ0) is 17.1. The lowest BCUT2D eigenvalue weighted by Gasteiger charge is -2.24. The van der Waals surface area contributed by atoms with Gasteiger partial charge in [0.05, 0.1) is 17.4 Å². The molecule has 4 heterocycles. The molecule has 0 aromatic carbocycles. The largest absolute Gasteiger partial charge is 0.455 e.